The maximum absolute atomic E-state index is 11.4. The predicted octanol–water partition coefficient (Wildman–Crippen LogP) is 2.82. The van der Waals surface area contributed by atoms with E-state index in [2.05, 4.69) is 4.98 Å². The number of pyridine rings is 1. The predicted molar refractivity (Wildman–Crippen MR) is 76.0 cm³/mol. The molecule has 0 bridgehead atoms. The van der Waals surface area contributed by atoms with Crippen molar-refractivity contribution in [1.82, 2.24) is 9.38 Å². The summed E-state index contributed by atoms with van der Waals surface area (Å²) in [5, 5.41) is 9.39. The number of aryl methyl sites for hydroxylation is 2. The van der Waals surface area contributed by atoms with E-state index >= 15 is 0 Å². The fourth-order valence-corrected chi connectivity index (χ4v) is 2.35. The monoisotopic (exact) mass is 266 g/mol. The van der Waals surface area contributed by atoms with Crippen molar-refractivity contribution < 1.29 is 9.90 Å². The van der Waals surface area contributed by atoms with Gasteiger partial charge < -0.3 is 5.11 Å². The summed E-state index contributed by atoms with van der Waals surface area (Å²) in [7, 11) is 0. The number of fused-ring (bicyclic) bond motifs is 1. The maximum atomic E-state index is 11.4. The number of rotatable bonds is 4. The van der Waals surface area contributed by atoms with Crippen LogP contribution in [0.3, 0.4) is 0 Å². The van der Waals surface area contributed by atoms with Crippen LogP contribution in [0.15, 0.2) is 54.7 Å². The summed E-state index contributed by atoms with van der Waals surface area (Å²) in [4.78, 5) is 15.9. The van der Waals surface area contributed by atoms with Crippen LogP contribution in [0.4, 0.5) is 0 Å². The molecule has 4 nitrogen and oxygen atoms in total. The van der Waals surface area contributed by atoms with Gasteiger partial charge in [-0.2, -0.15) is 0 Å². The van der Waals surface area contributed by atoms with Gasteiger partial charge in [0.15, 0.2) is 5.69 Å². The summed E-state index contributed by atoms with van der Waals surface area (Å²) in [6.45, 7) is 0. The normalized spacial score (nSPS) is 10.8. The highest BCUT2D eigenvalue weighted by Crippen LogP contribution is 2.15. The van der Waals surface area contributed by atoms with Crippen LogP contribution in [0.1, 0.15) is 21.7 Å². The van der Waals surface area contributed by atoms with Crippen LogP contribution in [-0.4, -0.2) is 20.5 Å². The third-order valence-electron chi connectivity index (χ3n) is 3.30. The Kier molecular flexibility index (Phi) is 3.21. The molecule has 1 N–H and O–H groups in total. The molecule has 0 aliphatic carbocycles. The van der Waals surface area contributed by atoms with Crippen LogP contribution >= 0.6 is 0 Å². The Morgan fingerprint density at radius 1 is 1.05 bits per heavy atom. The Balaban J connectivity index is 1.95. The third-order valence-corrected chi connectivity index (χ3v) is 3.30. The van der Waals surface area contributed by atoms with Crippen molar-refractivity contribution in [3.05, 3.63) is 71.7 Å². The molecule has 1 aromatic carbocycles. The first-order valence-corrected chi connectivity index (χ1v) is 6.49. The molecule has 20 heavy (non-hydrogen) atoms. The zero-order chi connectivity index (χ0) is 13.9. The maximum Gasteiger partial charge on any atom is 0.354 e. The summed E-state index contributed by atoms with van der Waals surface area (Å²) in [6, 6.07) is 15.5. The topological polar surface area (TPSA) is 54.6 Å². The molecule has 2 heterocycles. The van der Waals surface area contributed by atoms with Gasteiger partial charge in [0.05, 0.1) is 5.69 Å². The molecule has 0 radical (unpaired) electrons. The fourth-order valence-electron chi connectivity index (χ4n) is 2.35. The Morgan fingerprint density at radius 2 is 1.80 bits per heavy atom. The molecular formula is C16H14N2O2. The van der Waals surface area contributed by atoms with E-state index < -0.39 is 5.97 Å². The second-order valence-electron chi connectivity index (χ2n) is 4.63. The molecule has 100 valence electrons. The van der Waals surface area contributed by atoms with Gasteiger partial charge in [0.25, 0.3) is 0 Å². The molecule has 3 aromatic rings. The largest absolute Gasteiger partial charge is 0.477 e. The van der Waals surface area contributed by atoms with E-state index in [4.69, 9.17) is 0 Å². The minimum absolute atomic E-state index is 0.261. The second-order valence-corrected chi connectivity index (χ2v) is 4.63. The Morgan fingerprint density at radius 3 is 2.55 bits per heavy atom. The molecule has 0 amide bonds. The number of nitrogens with zero attached hydrogens (tertiary/aromatic N) is 2. The van der Waals surface area contributed by atoms with Gasteiger partial charge >= 0.3 is 5.97 Å². The highest BCUT2D eigenvalue weighted by Gasteiger charge is 2.17. The minimum Gasteiger partial charge on any atom is -0.477 e. The number of hydrogen-bond donors (Lipinski definition) is 1. The third kappa shape index (κ3) is 2.28. The standard InChI is InChI=1S/C16H14N2O2/c19-16(20)15-13(10-9-12-6-2-1-3-7-12)17-14-8-4-5-11-18(14)15/h1-8,11H,9-10H2,(H,19,20). The Labute approximate surface area is 116 Å². The molecule has 0 saturated carbocycles. The molecule has 3 rings (SSSR count). The average Bonchev–Trinajstić information content (AvgIpc) is 2.84. The molecule has 0 saturated heterocycles. The second kappa shape index (κ2) is 5.17. The highest BCUT2D eigenvalue weighted by molar-refractivity contribution is 5.88. The lowest BCUT2D eigenvalue weighted by molar-refractivity contribution is 0.0688. The van der Waals surface area contributed by atoms with Gasteiger partial charge in [-0.25, -0.2) is 9.78 Å². The number of aromatic carboxylic acids is 1. The summed E-state index contributed by atoms with van der Waals surface area (Å²) in [5.41, 5.74) is 2.75. The first kappa shape index (κ1) is 12.4. The van der Waals surface area contributed by atoms with Gasteiger partial charge in [-0.1, -0.05) is 36.4 Å². The molecule has 2 aromatic heterocycles. The fraction of sp³-hybridized carbons (Fsp3) is 0.125. The number of aromatic nitrogens is 2. The van der Waals surface area contributed by atoms with Gasteiger partial charge in [-0.15, -0.1) is 0 Å². The minimum atomic E-state index is -0.938. The molecule has 0 atom stereocenters. The number of carboxylic acid groups (broad SMARTS) is 1. The molecule has 0 aliphatic heterocycles. The van der Waals surface area contributed by atoms with Gasteiger partial charge in [-0.05, 0) is 30.5 Å². The summed E-state index contributed by atoms with van der Waals surface area (Å²) < 4.78 is 1.63. The number of carbonyl (C=O) groups is 1. The van der Waals surface area contributed by atoms with E-state index in [0.29, 0.717) is 17.8 Å². The van der Waals surface area contributed by atoms with Crippen LogP contribution in [0.25, 0.3) is 5.65 Å². The van der Waals surface area contributed by atoms with Crippen LogP contribution in [0, 0.1) is 0 Å². The van der Waals surface area contributed by atoms with Gasteiger partial charge in [0, 0.05) is 6.20 Å². The van der Waals surface area contributed by atoms with Crippen molar-refractivity contribution in [3.8, 4) is 0 Å². The number of benzene rings is 1. The van der Waals surface area contributed by atoms with Crippen molar-refractivity contribution in [2.75, 3.05) is 0 Å². The van der Waals surface area contributed by atoms with Crippen molar-refractivity contribution in [2.45, 2.75) is 12.8 Å². The average molecular weight is 266 g/mol. The van der Waals surface area contributed by atoms with E-state index in [-0.39, 0.29) is 5.69 Å². The van der Waals surface area contributed by atoms with Crippen molar-refractivity contribution in [2.24, 2.45) is 0 Å². The lowest BCUT2D eigenvalue weighted by Crippen LogP contribution is -2.06. The zero-order valence-electron chi connectivity index (χ0n) is 10.9. The molecule has 0 spiro atoms. The highest BCUT2D eigenvalue weighted by atomic mass is 16.4. The van der Waals surface area contributed by atoms with Crippen molar-refractivity contribution in [1.29, 1.82) is 0 Å². The van der Waals surface area contributed by atoms with E-state index in [1.807, 2.05) is 48.5 Å². The molecule has 0 aliphatic rings. The van der Waals surface area contributed by atoms with Crippen LogP contribution in [0.2, 0.25) is 0 Å². The van der Waals surface area contributed by atoms with Gasteiger partial charge in [0.2, 0.25) is 0 Å². The quantitative estimate of drug-likeness (QED) is 0.790. The number of carboxylic acids is 1. The number of hydrogen-bond acceptors (Lipinski definition) is 2. The Bertz CT molecular complexity index is 748. The van der Waals surface area contributed by atoms with E-state index in [0.717, 1.165) is 6.42 Å². The summed E-state index contributed by atoms with van der Waals surface area (Å²) in [5.74, 6) is -0.938. The van der Waals surface area contributed by atoms with E-state index in [1.165, 1.54) is 5.56 Å². The molecule has 0 fully saturated rings. The van der Waals surface area contributed by atoms with Crippen molar-refractivity contribution >= 4 is 11.6 Å². The lowest BCUT2D eigenvalue weighted by atomic mass is 10.1. The Hall–Kier alpha value is -2.62. The molecule has 0 unspecified atom stereocenters. The van der Waals surface area contributed by atoms with Crippen LogP contribution in [0.5, 0.6) is 0 Å². The van der Waals surface area contributed by atoms with Crippen molar-refractivity contribution in [3.63, 3.8) is 0 Å². The molecule has 4 heteroatoms. The SMILES string of the molecule is O=C(O)c1c(CCc2ccccc2)nc2ccccn12. The van der Waals surface area contributed by atoms with Gasteiger partial charge in [0.1, 0.15) is 5.65 Å². The van der Waals surface area contributed by atoms with Crippen LogP contribution in [-0.2, 0) is 12.8 Å². The first-order chi connectivity index (χ1) is 9.75. The van der Waals surface area contributed by atoms with E-state index in [9.17, 15) is 9.90 Å². The summed E-state index contributed by atoms with van der Waals surface area (Å²) in [6.07, 6.45) is 3.14. The first-order valence-electron chi connectivity index (χ1n) is 6.49. The van der Waals surface area contributed by atoms with Gasteiger partial charge in [-0.3, -0.25) is 4.40 Å². The summed E-state index contributed by atoms with van der Waals surface area (Å²) >= 11 is 0. The number of imidazole rings is 1. The van der Waals surface area contributed by atoms with E-state index in [1.54, 1.807) is 10.6 Å². The van der Waals surface area contributed by atoms with Crippen LogP contribution < -0.4 is 0 Å². The zero-order valence-corrected chi connectivity index (χ0v) is 10.9. The smallest absolute Gasteiger partial charge is 0.354 e. The lowest BCUT2D eigenvalue weighted by Gasteiger charge is -2.01. The molecular weight excluding hydrogens is 252 g/mol.